The highest BCUT2D eigenvalue weighted by Gasteiger charge is 2.22. The lowest BCUT2D eigenvalue weighted by molar-refractivity contribution is -0.144. The second kappa shape index (κ2) is 5.73. The zero-order valence-corrected chi connectivity index (χ0v) is 11.1. The molecule has 0 saturated carbocycles. The van der Waals surface area contributed by atoms with Crippen molar-refractivity contribution in [2.24, 2.45) is 5.92 Å². The molecule has 0 aromatic heterocycles. The van der Waals surface area contributed by atoms with Gasteiger partial charge in [-0.25, -0.2) is 0 Å². The maximum absolute atomic E-state index is 11.6. The van der Waals surface area contributed by atoms with Gasteiger partial charge in [-0.3, -0.25) is 14.4 Å². The van der Waals surface area contributed by atoms with Crippen LogP contribution in [-0.2, 0) is 14.4 Å². The molecular weight excluding hydrogens is 260 g/mol. The summed E-state index contributed by atoms with van der Waals surface area (Å²) in [5.41, 5.74) is 1.30. The molecule has 20 heavy (non-hydrogen) atoms. The van der Waals surface area contributed by atoms with Crippen LogP contribution in [-0.4, -0.2) is 29.4 Å². The topological polar surface area (TPSA) is 86.7 Å². The fourth-order valence-corrected chi connectivity index (χ4v) is 2.01. The van der Waals surface area contributed by atoms with Gasteiger partial charge in [0.2, 0.25) is 11.8 Å². The number of carbonyl (C=O) groups is 3. The van der Waals surface area contributed by atoms with Crippen molar-refractivity contribution in [1.82, 2.24) is 0 Å². The normalized spacial score (nSPS) is 16.1. The fourth-order valence-electron chi connectivity index (χ4n) is 2.01. The summed E-state index contributed by atoms with van der Waals surface area (Å²) < 4.78 is 0. The van der Waals surface area contributed by atoms with Crippen molar-refractivity contribution in [3.05, 3.63) is 24.3 Å². The van der Waals surface area contributed by atoms with Gasteiger partial charge < -0.3 is 15.3 Å². The van der Waals surface area contributed by atoms with Crippen molar-refractivity contribution >= 4 is 29.2 Å². The molecule has 2 amide bonds. The Balaban J connectivity index is 2.03. The van der Waals surface area contributed by atoms with Crippen LogP contribution in [0.15, 0.2) is 24.3 Å². The van der Waals surface area contributed by atoms with Gasteiger partial charge in [0.25, 0.3) is 0 Å². The molecule has 2 N–H and O–H groups in total. The number of aliphatic carboxylic acids is 1. The molecule has 6 heteroatoms. The molecule has 2 rings (SSSR count). The molecule has 106 valence electrons. The van der Waals surface area contributed by atoms with Crippen molar-refractivity contribution in [1.29, 1.82) is 0 Å². The Morgan fingerprint density at radius 3 is 2.45 bits per heavy atom. The minimum absolute atomic E-state index is 0.0984. The summed E-state index contributed by atoms with van der Waals surface area (Å²) in [6, 6.07) is 6.80. The monoisotopic (exact) mass is 276 g/mol. The first-order chi connectivity index (χ1) is 9.49. The Morgan fingerprint density at radius 1 is 1.30 bits per heavy atom. The molecule has 1 aliphatic rings. The van der Waals surface area contributed by atoms with Crippen molar-refractivity contribution in [3.8, 4) is 0 Å². The van der Waals surface area contributed by atoms with Crippen molar-refractivity contribution in [2.45, 2.75) is 19.8 Å². The molecule has 0 spiro atoms. The number of carbonyl (C=O) groups excluding carboxylic acids is 2. The third-order valence-electron chi connectivity index (χ3n) is 3.28. The summed E-state index contributed by atoms with van der Waals surface area (Å²) >= 11 is 0. The molecule has 0 aliphatic carbocycles. The lowest BCUT2D eigenvalue weighted by Crippen LogP contribution is -2.27. The van der Waals surface area contributed by atoms with Crippen LogP contribution in [0.4, 0.5) is 11.4 Å². The number of carboxylic acids is 1. The quantitative estimate of drug-likeness (QED) is 0.815. The third-order valence-corrected chi connectivity index (χ3v) is 3.28. The molecule has 1 atom stereocenters. The Bertz CT molecular complexity index is 539. The minimum Gasteiger partial charge on any atom is -0.481 e. The van der Waals surface area contributed by atoms with Crippen LogP contribution >= 0.6 is 0 Å². The van der Waals surface area contributed by atoms with E-state index in [1.807, 2.05) is 0 Å². The third kappa shape index (κ3) is 2.96. The lowest BCUT2D eigenvalue weighted by Gasteiger charge is -2.16. The molecule has 1 aromatic carbocycles. The van der Waals surface area contributed by atoms with Crippen LogP contribution in [0.3, 0.4) is 0 Å². The molecule has 1 saturated heterocycles. The summed E-state index contributed by atoms with van der Waals surface area (Å²) in [7, 11) is 0. The van der Waals surface area contributed by atoms with E-state index in [0.717, 1.165) is 12.1 Å². The van der Waals surface area contributed by atoms with Gasteiger partial charge >= 0.3 is 5.97 Å². The number of hydrogen-bond acceptors (Lipinski definition) is 3. The minimum atomic E-state index is -1.17. The first-order valence-corrected chi connectivity index (χ1v) is 6.43. The highest BCUT2D eigenvalue weighted by molar-refractivity contribution is 6.04. The number of nitrogens with zero attached hydrogens (tertiary/aromatic N) is 1. The molecule has 1 aromatic rings. The van der Waals surface area contributed by atoms with Gasteiger partial charge in [0, 0.05) is 24.3 Å². The summed E-state index contributed by atoms with van der Waals surface area (Å²) in [6.45, 7) is 2.04. The molecule has 6 nitrogen and oxygen atoms in total. The maximum atomic E-state index is 11.6. The van der Waals surface area contributed by atoms with E-state index in [4.69, 9.17) is 5.11 Å². The number of anilines is 2. The summed E-state index contributed by atoms with van der Waals surface area (Å²) in [5, 5.41) is 11.3. The van der Waals surface area contributed by atoms with Gasteiger partial charge in [-0.1, -0.05) is 0 Å². The molecule has 1 unspecified atom stereocenters. The Morgan fingerprint density at radius 2 is 1.95 bits per heavy atom. The lowest BCUT2D eigenvalue weighted by atomic mass is 10.1. The second-order valence-corrected chi connectivity index (χ2v) is 4.74. The highest BCUT2D eigenvalue weighted by Crippen LogP contribution is 2.23. The van der Waals surface area contributed by atoms with Crippen molar-refractivity contribution in [3.63, 3.8) is 0 Å². The number of hydrogen-bond donors (Lipinski definition) is 2. The van der Waals surface area contributed by atoms with Crippen LogP contribution < -0.4 is 10.2 Å². The smallest absolute Gasteiger partial charge is 0.315 e. The highest BCUT2D eigenvalue weighted by atomic mass is 16.4. The molecular formula is C14H16N2O4. The van der Waals surface area contributed by atoms with Gasteiger partial charge in [0.15, 0.2) is 0 Å². The van der Waals surface area contributed by atoms with Crippen LogP contribution in [0.5, 0.6) is 0 Å². The van der Waals surface area contributed by atoms with Gasteiger partial charge in [-0.15, -0.1) is 0 Å². The van der Waals surface area contributed by atoms with E-state index in [2.05, 4.69) is 5.32 Å². The van der Waals surface area contributed by atoms with E-state index >= 15 is 0 Å². The SMILES string of the molecule is CC(C(=O)O)C(=O)Nc1ccc(N2CCCC2=O)cc1. The molecule has 0 radical (unpaired) electrons. The van der Waals surface area contributed by atoms with E-state index in [1.165, 1.54) is 6.92 Å². The van der Waals surface area contributed by atoms with Crippen LogP contribution in [0.25, 0.3) is 0 Å². The van der Waals surface area contributed by atoms with Gasteiger partial charge in [-0.05, 0) is 37.6 Å². The Hall–Kier alpha value is -2.37. The standard InChI is InChI=1S/C14H16N2O4/c1-9(14(19)20)13(18)15-10-4-6-11(7-5-10)16-8-2-3-12(16)17/h4-7,9H,2-3,8H2,1H3,(H,15,18)(H,19,20). The van der Waals surface area contributed by atoms with Crippen molar-refractivity contribution in [2.75, 3.05) is 16.8 Å². The van der Waals surface area contributed by atoms with Crippen LogP contribution in [0.1, 0.15) is 19.8 Å². The van der Waals surface area contributed by atoms with Crippen LogP contribution in [0, 0.1) is 5.92 Å². The fraction of sp³-hybridized carbons (Fsp3) is 0.357. The summed E-state index contributed by atoms with van der Waals surface area (Å²) in [4.78, 5) is 35.6. The molecule has 0 bridgehead atoms. The summed E-state index contributed by atoms with van der Waals surface area (Å²) in [5.74, 6) is -2.74. The predicted octanol–water partition coefficient (Wildman–Crippen LogP) is 1.47. The Kier molecular flexibility index (Phi) is 4.02. The molecule has 1 aliphatic heterocycles. The number of nitrogens with one attached hydrogen (secondary N) is 1. The van der Waals surface area contributed by atoms with E-state index in [0.29, 0.717) is 18.7 Å². The van der Waals surface area contributed by atoms with E-state index in [9.17, 15) is 14.4 Å². The number of carboxylic acid groups (broad SMARTS) is 1. The van der Waals surface area contributed by atoms with Crippen molar-refractivity contribution < 1.29 is 19.5 Å². The number of rotatable bonds is 4. The van der Waals surface area contributed by atoms with Gasteiger partial charge in [0.05, 0.1) is 0 Å². The van der Waals surface area contributed by atoms with Crippen LogP contribution in [0.2, 0.25) is 0 Å². The molecule has 1 fully saturated rings. The van der Waals surface area contributed by atoms with E-state index in [1.54, 1.807) is 29.2 Å². The number of amides is 2. The average Bonchev–Trinajstić information content (AvgIpc) is 2.85. The first-order valence-electron chi connectivity index (χ1n) is 6.43. The number of benzene rings is 1. The Labute approximate surface area is 116 Å². The van der Waals surface area contributed by atoms with Gasteiger partial charge in [0.1, 0.15) is 5.92 Å². The molecule has 1 heterocycles. The maximum Gasteiger partial charge on any atom is 0.315 e. The zero-order valence-electron chi connectivity index (χ0n) is 11.1. The zero-order chi connectivity index (χ0) is 14.7. The van der Waals surface area contributed by atoms with E-state index < -0.39 is 17.8 Å². The largest absolute Gasteiger partial charge is 0.481 e. The predicted molar refractivity (Wildman–Crippen MR) is 73.5 cm³/mol. The summed E-state index contributed by atoms with van der Waals surface area (Å²) in [6.07, 6.45) is 1.42. The average molecular weight is 276 g/mol. The van der Waals surface area contributed by atoms with E-state index in [-0.39, 0.29) is 5.91 Å². The van der Waals surface area contributed by atoms with Gasteiger partial charge in [-0.2, -0.15) is 0 Å². The second-order valence-electron chi connectivity index (χ2n) is 4.74. The first kappa shape index (κ1) is 14.0.